The molecular weight excluding hydrogens is 462 g/mol. The van der Waals surface area contributed by atoms with Crippen LogP contribution < -0.4 is 4.74 Å². The molecule has 1 aromatic heterocycles. The number of nitrogens with zero attached hydrogens (tertiary/aromatic N) is 1. The fourth-order valence-corrected chi connectivity index (χ4v) is 4.33. The summed E-state index contributed by atoms with van der Waals surface area (Å²) in [5, 5.41) is 0.610. The summed E-state index contributed by atoms with van der Waals surface area (Å²) in [4.78, 5) is 16.7. The van der Waals surface area contributed by atoms with Crippen molar-refractivity contribution in [2.75, 3.05) is 13.7 Å². The molecule has 4 rings (SSSR count). The second kappa shape index (κ2) is 12.7. The molecule has 2 atom stereocenters. The van der Waals surface area contributed by atoms with Crippen LogP contribution in [-0.2, 0) is 14.3 Å². The largest absolute Gasteiger partial charge is 0.496 e. The Hall–Kier alpha value is -2.89. The van der Waals surface area contributed by atoms with E-state index in [0.717, 1.165) is 39.1 Å². The second-order valence-electron chi connectivity index (χ2n) is 8.41. The average Bonchev–Trinajstić information content (AvgIpc) is 2.99. The van der Waals surface area contributed by atoms with Crippen molar-refractivity contribution >= 4 is 17.6 Å². The van der Waals surface area contributed by atoms with Crippen molar-refractivity contribution in [3.8, 4) is 16.9 Å². The highest BCUT2D eigenvalue weighted by Gasteiger charge is 2.33. The van der Waals surface area contributed by atoms with Crippen molar-refractivity contribution in [1.29, 1.82) is 0 Å². The van der Waals surface area contributed by atoms with Crippen molar-refractivity contribution in [2.24, 2.45) is 0 Å². The van der Waals surface area contributed by atoms with Gasteiger partial charge >= 0.3 is 5.97 Å². The molecular formula is C29H34ClNO4. The van der Waals surface area contributed by atoms with Crippen LogP contribution in [0.1, 0.15) is 74.5 Å². The molecule has 5 nitrogen and oxygen atoms in total. The zero-order chi connectivity index (χ0) is 25.4. The van der Waals surface area contributed by atoms with Crippen LogP contribution in [0.5, 0.6) is 5.75 Å². The van der Waals surface area contributed by atoms with E-state index in [2.05, 4.69) is 18.8 Å². The summed E-state index contributed by atoms with van der Waals surface area (Å²) in [6, 6.07) is 13.7. The minimum Gasteiger partial charge on any atom is -0.496 e. The summed E-state index contributed by atoms with van der Waals surface area (Å²) in [5.41, 5.74) is 5.58. The zero-order valence-corrected chi connectivity index (χ0v) is 21.9. The molecule has 0 fully saturated rings. The number of methoxy groups -OCH3 is 1. The van der Waals surface area contributed by atoms with Crippen LogP contribution in [0.15, 0.2) is 54.9 Å². The summed E-state index contributed by atoms with van der Waals surface area (Å²) < 4.78 is 17.6. The van der Waals surface area contributed by atoms with Gasteiger partial charge in [-0.15, -0.1) is 0 Å². The number of fused-ring (bicyclic) bond motifs is 3. The Morgan fingerprint density at radius 2 is 1.77 bits per heavy atom. The Morgan fingerprint density at radius 3 is 2.46 bits per heavy atom. The molecule has 2 heterocycles. The molecule has 2 aromatic carbocycles. The lowest BCUT2D eigenvalue weighted by molar-refractivity contribution is -0.147. The van der Waals surface area contributed by atoms with E-state index >= 15 is 0 Å². The number of carbonyl (C=O) groups is 1. The summed E-state index contributed by atoms with van der Waals surface area (Å²) in [5.74, 6) is 0.429. The first-order valence-corrected chi connectivity index (χ1v) is 12.5. The fourth-order valence-electron chi connectivity index (χ4n) is 4.15. The molecule has 1 aliphatic heterocycles. The minimum absolute atomic E-state index is 0.0822. The highest BCUT2D eigenvalue weighted by Crippen LogP contribution is 2.47. The molecule has 0 amide bonds. The number of para-hydroxylation sites is 1. The van der Waals surface area contributed by atoms with Gasteiger partial charge in [-0.2, -0.15) is 0 Å². The van der Waals surface area contributed by atoms with E-state index in [4.69, 9.17) is 25.8 Å². The molecule has 6 heteroatoms. The summed E-state index contributed by atoms with van der Waals surface area (Å²) >= 11 is 6.40. The molecule has 0 radical (unpaired) electrons. The van der Waals surface area contributed by atoms with E-state index in [-0.39, 0.29) is 12.4 Å². The van der Waals surface area contributed by atoms with E-state index in [1.54, 1.807) is 26.4 Å². The van der Waals surface area contributed by atoms with Gasteiger partial charge in [0, 0.05) is 28.5 Å². The Morgan fingerprint density at radius 1 is 1.03 bits per heavy atom. The molecule has 0 saturated carbocycles. The van der Waals surface area contributed by atoms with Crippen LogP contribution in [0.4, 0.5) is 0 Å². The number of aryl methyl sites for hydroxylation is 1. The topological polar surface area (TPSA) is 57.7 Å². The SMILES string of the molecule is CCCC.CCOC(=O)CC1OC(c2cccc(C)c2OC)c2cc(Cl)ccc2-c2ccncc21. The van der Waals surface area contributed by atoms with E-state index in [1.165, 1.54) is 12.8 Å². The van der Waals surface area contributed by atoms with Gasteiger partial charge in [-0.1, -0.05) is 62.6 Å². The lowest BCUT2D eigenvalue weighted by atomic mass is 9.91. The van der Waals surface area contributed by atoms with Gasteiger partial charge in [-0.05, 0) is 54.3 Å². The molecule has 0 spiro atoms. The number of unbranched alkanes of at least 4 members (excludes halogenated alkanes) is 1. The third-order valence-electron chi connectivity index (χ3n) is 5.97. The lowest BCUT2D eigenvalue weighted by Gasteiger charge is -2.25. The van der Waals surface area contributed by atoms with E-state index in [9.17, 15) is 4.79 Å². The van der Waals surface area contributed by atoms with Crippen LogP contribution in [0.3, 0.4) is 0 Å². The molecule has 0 bridgehead atoms. The number of halogens is 1. The Balaban J connectivity index is 0.000000795. The third-order valence-corrected chi connectivity index (χ3v) is 6.21. The lowest BCUT2D eigenvalue weighted by Crippen LogP contribution is -2.16. The van der Waals surface area contributed by atoms with Gasteiger partial charge in [-0.25, -0.2) is 0 Å². The van der Waals surface area contributed by atoms with Crippen LogP contribution in [0, 0.1) is 6.92 Å². The molecule has 3 aromatic rings. The van der Waals surface area contributed by atoms with Crippen LogP contribution in [-0.4, -0.2) is 24.7 Å². The molecule has 2 unspecified atom stereocenters. The van der Waals surface area contributed by atoms with E-state index in [0.29, 0.717) is 11.6 Å². The van der Waals surface area contributed by atoms with Gasteiger partial charge in [0.2, 0.25) is 0 Å². The van der Waals surface area contributed by atoms with E-state index < -0.39 is 12.2 Å². The second-order valence-corrected chi connectivity index (χ2v) is 8.84. The predicted octanol–water partition coefficient (Wildman–Crippen LogP) is 7.64. The molecule has 0 N–H and O–H groups in total. The van der Waals surface area contributed by atoms with Crippen molar-refractivity contribution in [3.63, 3.8) is 0 Å². The van der Waals surface area contributed by atoms with Crippen molar-refractivity contribution in [3.05, 3.63) is 82.1 Å². The number of carbonyl (C=O) groups excluding carboxylic acids is 1. The Kier molecular flexibility index (Phi) is 9.70. The molecule has 35 heavy (non-hydrogen) atoms. The van der Waals surface area contributed by atoms with Crippen LogP contribution in [0.25, 0.3) is 11.1 Å². The first-order chi connectivity index (χ1) is 16.9. The number of aromatic nitrogens is 1. The number of esters is 1. The average molecular weight is 496 g/mol. The maximum Gasteiger partial charge on any atom is 0.308 e. The van der Waals surface area contributed by atoms with Gasteiger partial charge < -0.3 is 14.2 Å². The maximum atomic E-state index is 12.4. The van der Waals surface area contributed by atoms with Crippen LogP contribution >= 0.6 is 11.6 Å². The van der Waals surface area contributed by atoms with Crippen LogP contribution in [0.2, 0.25) is 5.02 Å². The number of ether oxygens (including phenoxy) is 3. The van der Waals surface area contributed by atoms with Crippen molar-refractivity contribution in [2.45, 2.75) is 59.2 Å². The van der Waals surface area contributed by atoms with Crippen molar-refractivity contribution in [1.82, 2.24) is 4.98 Å². The first-order valence-electron chi connectivity index (χ1n) is 12.1. The van der Waals surface area contributed by atoms with Gasteiger partial charge in [0.15, 0.2) is 0 Å². The Labute approximate surface area is 213 Å². The normalized spacial score (nSPS) is 16.2. The number of hydrogen-bond acceptors (Lipinski definition) is 5. The number of hydrogen-bond donors (Lipinski definition) is 0. The monoisotopic (exact) mass is 495 g/mol. The van der Waals surface area contributed by atoms with Crippen molar-refractivity contribution < 1.29 is 19.0 Å². The molecule has 0 saturated heterocycles. The quantitative estimate of drug-likeness (QED) is 0.329. The third kappa shape index (κ3) is 6.22. The molecule has 186 valence electrons. The summed E-state index contributed by atoms with van der Waals surface area (Å²) in [6.45, 7) is 8.46. The zero-order valence-electron chi connectivity index (χ0n) is 21.1. The minimum atomic E-state index is -0.538. The van der Waals surface area contributed by atoms with Gasteiger partial charge in [0.1, 0.15) is 11.9 Å². The fraction of sp³-hybridized carbons (Fsp3) is 0.379. The van der Waals surface area contributed by atoms with Gasteiger partial charge in [0.05, 0.1) is 26.2 Å². The number of pyridine rings is 1. The highest BCUT2D eigenvalue weighted by atomic mass is 35.5. The Bertz CT molecular complexity index is 1150. The number of benzene rings is 2. The highest BCUT2D eigenvalue weighted by molar-refractivity contribution is 6.30. The smallest absolute Gasteiger partial charge is 0.308 e. The predicted molar refractivity (Wildman–Crippen MR) is 140 cm³/mol. The summed E-state index contributed by atoms with van der Waals surface area (Å²) in [6.07, 6.45) is 5.19. The summed E-state index contributed by atoms with van der Waals surface area (Å²) in [7, 11) is 1.65. The van der Waals surface area contributed by atoms with E-state index in [1.807, 2.05) is 49.4 Å². The number of rotatable bonds is 6. The maximum absolute atomic E-state index is 12.4. The van der Waals surface area contributed by atoms with Gasteiger partial charge in [0.25, 0.3) is 0 Å². The standard InChI is InChI=1S/C25H24ClNO4.C4H10/c1-4-30-23(28)13-22-21-14-27-11-10-18(21)17-9-8-16(26)12-20(17)25(31-22)19-7-5-6-15(2)24(19)29-3;1-3-4-2/h5-12,14,22,25H,4,13H2,1-3H3;3-4H2,1-2H3. The molecule has 1 aliphatic rings. The molecule has 0 aliphatic carbocycles. The first kappa shape index (κ1) is 26.7. The van der Waals surface area contributed by atoms with Gasteiger partial charge in [-0.3, -0.25) is 9.78 Å².